The van der Waals surface area contributed by atoms with Gasteiger partial charge in [0.15, 0.2) is 16.8 Å². The lowest BCUT2D eigenvalue weighted by Crippen LogP contribution is -2.23. The number of nitrogens with one attached hydrogen (secondary N) is 1. The zero-order valence-electron chi connectivity index (χ0n) is 14.9. The highest BCUT2D eigenvalue weighted by Gasteiger charge is 2.17. The standard InChI is InChI=1S/C18H17F2N3O2S2/c1-4-23-17(25)15-9(2)10(3)27-16(15)22-18(23)26-8-14(24)21-11-5-6-12(19)13(20)7-11/h5-7H,4,8H2,1-3H3,(H,21,24). The molecule has 142 valence electrons. The van der Waals surface area contributed by atoms with Gasteiger partial charge in [-0.05, 0) is 38.5 Å². The van der Waals surface area contributed by atoms with Gasteiger partial charge in [0.05, 0.1) is 11.1 Å². The van der Waals surface area contributed by atoms with E-state index in [2.05, 4.69) is 10.3 Å². The molecule has 27 heavy (non-hydrogen) atoms. The van der Waals surface area contributed by atoms with Gasteiger partial charge in [0.2, 0.25) is 5.91 Å². The van der Waals surface area contributed by atoms with Crippen molar-refractivity contribution in [3.05, 3.63) is 50.6 Å². The fraction of sp³-hybridized carbons (Fsp3) is 0.278. The molecule has 3 rings (SSSR count). The van der Waals surface area contributed by atoms with E-state index < -0.39 is 17.5 Å². The first-order valence-corrected chi connectivity index (χ1v) is 10.00. The number of anilines is 1. The molecule has 1 aromatic carbocycles. The first-order chi connectivity index (χ1) is 12.8. The number of halogens is 2. The van der Waals surface area contributed by atoms with Crippen LogP contribution in [0.3, 0.4) is 0 Å². The van der Waals surface area contributed by atoms with Crippen molar-refractivity contribution >= 4 is 44.9 Å². The van der Waals surface area contributed by atoms with Gasteiger partial charge >= 0.3 is 0 Å². The molecule has 5 nitrogen and oxygen atoms in total. The zero-order chi connectivity index (χ0) is 19.7. The number of aryl methyl sites for hydroxylation is 2. The summed E-state index contributed by atoms with van der Waals surface area (Å²) in [4.78, 5) is 31.1. The van der Waals surface area contributed by atoms with Crippen LogP contribution in [0.25, 0.3) is 10.2 Å². The third-order valence-corrected chi connectivity index (χ3v) is 6.18. The lowest BCUT2D eigenvalue weighted by molar-refractivity contribution is -0.113. The van der Waals surface area contributed by atoms with E-state index in [1.807, 2.05) is 20.8 Å². The van der Waals surface area contributed by atoms with Gasteiger partial charge in [0, 0.05) is 23.2 Å². The molecule has 0 atom stereocenters. The summed E-state index contributed by atoms with van der Waals surface area (Å²) in [6, 6.07) is 3.15. The summed E-state index contributed by atoms with van der Waals surface area (Å²) < 4.78 is 27.7. The first-order valence-electron chi connectivity index (χ1n) is 8.20. The van der Waals surface area contributed by atoms with Crippen molar-refractivity contribution in [3.8, 4) is 0 Å². The number of aromatic nitrogens is 2. The Labute approximate surface area is 162 Å². The van der Waals surface area contributed by atoms with Gasteiger partial charge in [-0.2, -0.15) is 0 Å². The third kappa shape index (κ3) is 3.89. The minimum absolute atomic E-state index is 0.0136. The van der Waals surface area contributed by atoms with Crippen molar-refractivity contribution in [2.75, 3.05) is 11.1 Å². The molecule has 2 aromatic heterocycles. The summed E-state index contributed by atoms with van der Waals surface area (Å²) in [7, 11) is 0. The maximum absolute atomic E-state index is 13.2. The molecular formula is C18H17F2N3O2S2. The maximum Gasteiger partial charge on any atom is 0.263 e. The van der Waals surface area contributed by atoms with Crippen LogP contribution in [0, 0.1) is 25.5 Å². The predicted molar refractivity (Wildman–Crippen MR) is 105 cm³/mol. The Bertz CT molecular complexity index is 1090. The molecule has 0 saturated heterocycles. The van der Waals surface area contributed by atoms with Gasteiger partial charge in [0.1, 0.15) is 4.83 Å². The summed E-state index contributed by atoms with van der Waals surface area (Å²) in [6.45, 7) is 6.12. The van der Waals surface area contributed by atoms with Crippen molar-refractivity contribution in [2.45, 2.75) is 32.5 Å². The molecule has 9 heteroatoms. The van der Waals surface area contributed by atoms with Gasteiger partial charge in [-0.1, -0.05) is 11.8 Å². The number of carbonyl (C=O) groups excluding carboxylic acids is 1. The smallest absolute Gasteiger partial charge is 0.263 e. The van der Waals surface area contributed by atoms with Crippen molar-refractivity contribution in [1.29, 1.82) is 0 Å². The Morgan fingerprint density at radius 2 is 2.04 bits per heavy atom. The average Bonchev–Trinajstić information content (AvgIpc) is 2.91. The minimum Gasteiger partial charge on any atom is -0.325 e. The van der Waals surface area contributed by atoms with Crippen LogP contribution in [0.4, 0.5) is 14.5 Å². The second kappa shape index (κ2) is 7.77. The number of thioether (sulfide) groups is 1. The van der Waals surface area contributed by atoms with Gasteiger partial charge in [0.25, 0.3) is 5.56 Å². The topological polar surface area (TPSA) is 64.0 Å². The average molecular weight is 409 g/mol. The summed E-state index contributed by atoms with van der Waals surface area (Å²) in [5.74, 6) is -2.42. The van der Waals surface area contributed by atoms with Crippen LogP contribution in [0.1, 0.15) is 17.4 Å². The Morgan fingerprint density at radius 1 is 1.30 bits per heavy atom. The van der Waals surface area contributed by atoms with E-state index in [0.29, 0.717) is 21.9 Å². The normalized spacial score (nSPS) is 11.1. The molecule has 0 fully saturated rings. The van der Waals surface area contributed by atoms with Crippen LogP contribution in [0.2, 0.25) is 0 Å². The van der Waals surface area contributed by atoms with E-state index >= 15 is 0 Å². The van der Waals surface area contributed by atoms with E-state index in [-0.39, 0.29) is 17.0 Å². The lowest BCUT2D eigenvalue weighted by Gasteiger charge is -2.10. The van der Waals surface area contributed by atoms with Crippen LogP contribution in [0.15, 0.2) is 28.2 Å². The number of thiophene rings is 1. The first kappa shape index (κ1) is 19.5. The highest BCUT2D eigenvalue weighted by Crippen LogP contribution is 2.28. The molecule has 1 amide bonds. The van der Waals surface area contributed by atoms with Crippen LogP contribution < -0.4 is 10.9 Å². The van der Waals surface area contributed by atoms with Crippen molar-refractivity contribution in [3.63, 3.8) is 0 Å². The molecule has 0 aliphatic rings. The highest BCUT2D eigenvalue weighted by molar-refractivity contribution is 7.99. The summed E-state index contributed by atoms with van der Waals surface area (Å²) in [5.41, 5.74) is 0.982. The third-order valence-electron chi connectivity index (χ3n) is 4.11. The largest absolute Gasteiger partial charge is 0.325 e. The van der Waals surface area contributed by atoms with E-state index in [1.54, 1.807) is 0 Å². The predicted octanol–water partition coefficient (Wildman–Crippen LogP) is 4.10. The van der Waals surface area contributed by atoms with E-state index in [4.69, 9.17) is 0 Å². The summed E-state index contributed by atoms with van der Waals surface area (Å²) in [6.07, 6.45) is 0. The van der Waals surface area contributed by atoms with E-state index in [9.17, 15) is 18.4 Å². The number of rotatable bonds is 5. The molecule has 3 aromatic rings. The molecule has 2 heterocycles. The number of amides is 1. The van der Waals surface area contributed by atoms with Gasteiger partial charge < -0.3 is 5.32 Å². The molecule has 0 aliphatic carbocycles. The number of nitrogens with zero attached hydrogens (tertiary/aromatic N) is 2. The van der Waals surface area contributed by atoms with Crippen molar-refractivity contribution in [2.24, 2.45) is 0 Å². The number of fused-ring (bicyclic) bond motifs is 1. The number of hydrogen-bond acceptors (Lipinski definition) is 5. The molecule has 0 radical (unpaired) electrons. The molecule has 0 spiro atoms. The SMILES string of the molecule is CCn1c(SCC(=O)Nc2ccc(F)c(F)c2)nc2sc(C)c(C)c2c1=O. The van der Waals surface area contributed by atoms with Gasteiger partial charge in [-0.15, -0.1) is 11.3 Å². The molecule has 0 bridgehead atoms. The van der Waals surface area contributed by atoms with Crippen LogP contribution in [-0.2, 0) is 11.3 Å². The van der Waals surface area contributed by atoms with Crippen LogP contribution >= 0.6 is 23.1 Å². The van der Waals surface area contributed by atoms with Crippen molar-refractivity contribution in [1.82, 2.24) is 9.55 Å². The Balaban J connectivity index is 1.80. The minimum atomic E-state index is -1.03. The van der Waals surface area contributed by atoms with Gasteiger partial charge in [-0.25, -0.2) is 13.8 Å². The molecule has 0 unspecified atom stereocenters. The van der Waals surface area contributed by atoms with Crippen LogP contribution in [-0.4, -0.2) is 21.2 Å². The number of hydrogen-bond donors (Lipinski definition) is 1. The molecule has 0 saturated carbocycles. The fourth-order valence-corrected chi connectivity index (χ4v) is 4.53. The van der Waals surface area contributed by atoms with Crippen molar-refractivity contribution < 1.29 is 13.6 Å². The Hall–Kier alpha value is -2.26. The molecule has 0 aliphatic heterocycles. The lowest BCUT2D eigenvalue weighted by atomic mass is 10.2. The summed E-state index contributed by atoms with van der Waals surface area (Å²) >= 11 is 2.58. The van der Waals surface area contributed by atoms with E-state index in [0.717, 1.165) is 34.3 Å². The number of carbonyl (C=O) groups is 1. The second-order valence-electron chi connectivity index (χ2n) is 5.87. The zero-order valence-corrected chi connectivity index (χ0v) is 16.6. The quantitative estimate of drug-likeness (QED) is 0.509. The van der Waals surface area contributed by atoms with Gasteiger partial charge in [-0.3, -0.25) is 14.2 Å². The Morgan fingerprint density at radius 3 is 2.70 bits per heavy atom. The highest BCUT2D eigenvalue weighted by atomic mass is 32.2. The maximum atomic E-state index is 13.2. The second-order valence-corrected chi connectivity index (χ2v) is 8.02. The fourth-order valence-electron chi connectivity index (χ4n) is 2.60. The number of benzene rings is 1. The molecular weight excluding hydrogens is 392 g/mol. The molecule has 1 N–H and O–H groups in total. The monoisotopic (exact) mass is 409 g/mol. The summed E-state index contributed by atoms with van der Waals surface area (Å²) in [5, 5.41) is 3.58. The Kier molecular flexibility index (Phi) is 5.61. The van der Waals surface area contributed by atoms with Crippen LogP contribution in [0.5, 0.6) is 0 Å². The van der Waals surface area contributed by atoms with E-state index in [1.165, 1.54) is 22.0 Å².